The molecule has 0 aromatic heterocycles. The second kappa shape index (κ2) is 7.53. The van der Waals surface area contributed by atoms with Crippen LogP contribution in [0.2, 0.25) is 0 Å². The second-order valence-corrected chi connectivity index (χ2v) is 6.50. The van der Waals surface area contributed by atoms with Gasteiger partial charge in [-0.15, -0.1) is 0 Å². The van der Waals surface area contributed by atoms with Crippen LogP contribution in [0.5, 0.6) is 17.2 Å². The smallest absolute Gasteiger partial charge is 0.416 e. The highest BCUT2D eigenvalue weighted by Gasteiger charge is 2.32. The van der Waals surface area contributed by atoms with Crippen LogP contribution in [0.3, 0.4) is 0 Å². The molecule has 28 heavy (non-hydrogen) atoms. The van der Waals surface area contributed by atoms with Crippen molar-refractivity contribution in [2.45, 2.75) is 31.9 Å². The Hall–Kier alpha value is -3.03. The number of ether oxygens (including phenoxy) is 2. The first-order chi connectivity index (χ1) is 13.1. The van der Waals surface area contributed by atoms with Crippen molar-refractivity contribution in [3.05, 3.63) is 53.1 Å². The minimum absolute atomic E-state index is 0.00153. The van der Waals surface area contributed by atoms with Gasteiger partial charge >= 0.3 is 12.1 Å². The van der Waals surface area contributed by atoms with E-state index >= 15 is 0 Å². The standard InChI is InChI=1S/C20H17F3O5/c1-11(24)16-9-13(20(21,22)23)2-5-17(16)28-14-3-4-15-12(8-19(25)26)6-7-27-18(15)10-14/h2-5,9-10,12H,6-8H2,1H3,(H,25,26)/t12-/m0/s1. The normalized spacial score (nSPS) is 16.1. The highest BCUT2D eigenvalue weighted by atomic mass is 19.4. The summed E-state index contributed by atoms with van der Waals surface area (Å²) in [7, 11) is 0. The highest BCUT2D eigenvalue weighted by molar-refractivity contribution is 5.97. The van der Waals surface area contributed by atoms with E-state index in [0.29, 0.717) is 18.8 Å². The molecule has 1 N–H and O–H groups in total. The number of carboxylic acid groups (broad SMARTS) is 1. The molecule has 1 heterocycles. The summed E-state index contributed by atoms with van der Waals surface area (Å²) in [6.07, 6.45) is -4.02. The maximum absolute atomic E-state index is 12.9. The first-order valence-corrected chi connectivity index (χ1v) is 8.53. The minimum atomic E-state index is -4.57. The van der Waals surface area contributed by atoms with Gasteiger partial charge in [0.25, 0.3) is 0 Å². The second-order valence-electron chi connectivity index (χ2n) is 6.50. The molecule has 0 saturated carbocycles. The molecule has 148 valence electrons. The van der Waals surface area contributed by atoms with E-state index in [2.05, 4.69) is 0 Å². The molecule has 2 aromatic carbocycles. The lowest BCUT2D eigenvalue weighted by molar-refractivity contribution is -0.138. The van der Waals surface area contributed by atoms with Gasteiger partial charge in [-0.2, -0.15) is 13.2 Å². The summed E-state index contributed by atoms with van der Waals surface area (Å²) >= 11 is 0. The van der Waals surface area contributed by atoms with Crippen molar-refractivity contribution in [2.24, 2.45) is 0 Å². The van der Waals surface area contributed by atoms with Crippen LogP contribution >= 0.6 is 0 Å². The van der Waals surface area contributed by atoms with Gasteiger partial charge in [-0.3, -0.25) is 9.59 Å². The molecule has 0 unspecified atom stereocenters. The number of hydrogen-bond donors (Lipinski definition) is 1. The molecule has 0 aliphatic carbocycles. The molecule has 5 nitrogen and oxygen atoms in total. The van der Waals surface area contributed by atoms with E-state index in [0.717, 1.165) is 30.7 Å². The SMILES string of the molecule is CC(=O)c1cc(C(F)(F)F)ccc1Oc1ccc2c(c1)OCC[C@H]2CC(=O)O. The lowest BCUT2D eigenvalue weighted by atomic mass is 9.90. The molecule has 0 radical (unpaired) electrons. The lowest BCUT2D eigenvalue weighted by Crippen LogP contribution is -2.17. The maximum atomic E-state index is 12.9. The van der Waals surface area contributed by atoms with E-state index in [1.807, 2.05) is 0 Å². The molecule has 1 aliphatic heterocycles. The van der Waals surface area contributed by atoms with Crippen LogP contribution in [0, 0.1) is 0 Å². The van der Waals surface area contributed by atoms with Crippen molar-refractivity contribution in [3.8, 4) is 17.2 Å². The molecule has 0 amide bonds. The van der Waals surface area contributed by atoms with E-state index in [1.165, 1.54) is 0 Å². The van der Waals surface area contributed by atoms with E-state index in [-0.39, 0.29) is 29.4 Å². The largest absolute Gasteiger partial charge is 0.493 e. The quantitative estimate of drug-likeness (QED) is 0.719. The fraction of sp³-hybridized carbons (Fsp3) is 0.300. The van der Waals surface area contributed by atoms with Gasteiger partial charge in [0, 0.05) is 12.0 Å². The lowest BCUT2D eigenvalue weighted by Gasteiger charge is -2.25. The van der Waals surface area contributed by atoms with E-state index < -0.39 is 23.5 Å². The topological polar surface area (TPSA) is 72.8 Å². The van der Waals surface area contributed by atoms with Crippen LogP contribution in [-0.2, 0) is 11.0 Å². The summed E-state index contributed by atoms with van der Waals surface area (Å²) in [6, 6.07) is 7.51. The van der Waals surface area contributed by atoms with Crippen LogP contribution in [0.15, 0.2) is 36.4 Å². The number of aliphatic carboxylic acids is 1. The Labute approximate surface area is 158 Å². The zero-order valence-corrected chi connectivity index (χ0v) is 14.9. The number of carboxylic acids is 1. The Morgan fingerprint density at radius 2 is 1.96 bits per heavy atom. The Balaban J connectivity index is 1.90. The third kappa shape index (κ3) is 4.27. The summed E-state index contributed by atoms with van der Waals surface area (Å²) in [5.41, 5.74) is -0.382. The van der Waals surface area contributed by atoms with Gasteiger partial charge in [-0.1, -0.05) is 6.07 Å². The molecule has 0 fully saturated rings. The molecule has 3 rings (SSSR count). The summed E-state index contributed by atoms with van der Waals surface area (Å²) in [5.74, 6) is -0.915. The average Bonchev–Trinajstić information content (AvgIpc) is 2.60. The van der Waals surface area contributed by atoms with Crippen molar-refractivity contribution in [2.75, 3.05) is 6.61 Å². The van der Waals surface area contributed by atoms with Crippen LogP contribution in [0.4, 0.5) is 13.2 Å². The van der Waals surface area contributed by atoms with E-state index in [4.69, 9.17) is 14.6 Å². The summed E-state index contributed by atoms with van der Waals surface area (Å²) < 4.78 is 49.9. The molecule has 1 atom stereocenters. The monoisotopic (exact) mass is 394 g/mol. The van der Waals surface area contributed by atoms with Crippen molar-refractivity contribution < 1.29 is 37.3 Å². The number of ketones is 1. The first-order valence-electron chi connectivity index (χ1n) is 8.53. The zero-order valence-electron chi connectivity index (χ0n) is 14.9. The van der Waals surface area contributed by atoms with Gasteiger partial charge in [0.2, 0.25) is 0 Å². The Morgan fingerprint density at radius 1 is 1.21 bits per heavy atom. The van der Waals surface area contributed by atoms with Crippen LogP contribution < -0.4 is 9.47 Å². The van der Waals surface area contributed by atoms with Gasteiger partial charge in [0.15, 0.2) is 5.78 Å². The average molecular weight is 394 g/mol. The van der Waals surface area contributed by atoms with Crippen molar-refractivity contribution in [1.82, 2.24) is 0 Å². The third-order valence-corrected chi connectivity index (χ3v) is 4.48. The fourth-order valence-electron chi connectivity index (χ4n) is 3.13. The molecule has 0 bridgehead atoms. The molecular weight excluding hydrogens is 377 g/mol. The number of halogens is 3. The number of rotatable bonds is 5. The Morgan fingerprint density at radius 3 is 2.61 bits per heavy atom. The van der Waals surface area contributed by atoms with Gasteiger partial charge in [0.1, 0.15) is 17.2 Å². The molecule has 8 heteroatoms. The molecule has 0 spiro atoms. The van der Waals surface area contributed by atoms with E-state index in [1.54, 1.807) is 18.2 Å². The number of benzene rings is 2. The van der Waals surface area contributed by atoms with Crippen molar-refractivity contribution in [3.63, 3.8) is 0 Å². The summed E-state index contributed by atoms with van der Waals surface area (Å²) in [6.45, 7) is 1.52. The summed E-state index contributed by atoms with van der Waals surface area (Å²) in [4.78, 5) is 22.8. The van der Waals surface area contributed by atoms with Gasteiger partial charge in [-0.25, -0.2) is 0 Å². The Kier molecular flexibility index (Phi) is 5.31. The van der Waals surface area contributed by atoms with Crippen molar-refractivity contribution >= 4 is 11.8 Å². The molecule has 2 aromatic rings. The molecule has 1 aliphatic rings. The first kappa shape index (κ1) is 19.7. The predicted molar refractivity (Wildman–Crippen MR) is 93.1 cm³/mol. The fourth-order valence-corrected chi connectivity index (χ4v) is 3.13. The Bertz CT molecular complexity index is 921. The number of hydrogen-bond acceptors (Lipinski definition) is 4. The van der Waals surface area contributed by atoms with Crippen LogP contribution in [-0.4, -0.2) is 23.5 Å². The minimum Gasteiger partial charge on any atom is -0.493 e. The van der Waals surface area contributed by atoms with Gasteiger partial charge < -0.3 is 14.6 Å². The third-order valence-electron chi connectivity index (χ3n) is 4.48. The number of Topliss-reactive ketones (excluding diaryl/α,β-unsaturated/α-hetero) is 1. The summed E-state index contributed by atoms with van der Waals surface area (Å²) in [5, 5.41) is 9.03. The van der Waals surface area contributed by atoms with Crippen LogP contribution in [0.25, 0.3) is 0 Å². The molecule has 0 saturated heterocycles. The van der Waals surface area contributed by atoms with Crippen LogP contribution in [0.1, 0.15) is 47.2 Å². The highest BCUT2D eigenvalue weighted by Crippen LogP contribution is 2.40. The maximum Gasteiger partial charge on any atom is 0.416 e. The zero-order chi connectivity index (χ0) is 20.5. The number of alkyl halides is 3. The molecular formula is C20H17F3O5. The number of carbonyl (C=O) groups excluding carboxylic acids is 1. The van der Waals surface area contributed by atoms with Gasteiger partial charge in [0.05, 0.1) is 24.2 Å². The van der Waals surface area contributed by atoms with E-state index in [9.17, 15) is 22.8 Å². The van der Waals surface area contributed by atoms with Gasteiger partial charge in [-0.05, 0) is 43.2 Å². The van der Waals surface area contributed by atoms with Crippen molar-refractivity contribution in [1.29, 1.82) is 0 Å². The predicted octanol–water partition coefficient (Wildman–Crippen LogP) is 5.04. The number of fused-ring (bicyclic) bond motifs is 1. The number of carbonyl (C=O) groups is 2.